The lowest BCUT2D eigenvalue weighted by Gasteiger charge is -2.46. The second kappa shape index (κ2) is 5.52. The van der Waals surface area contributed by atoms with Gasteiger partial charge in [-0.1, -0.05) is 51.1 Å². The summed E-state index contributed by atoms with van der Waals surface area (Å²) in [6.45, 7) is 7.80. The van der Waals surface area contributed by atoms with Crippen molar-refractivity contribution in [1.29, 1.82) is 0 Å². The predicted octanol–water partition coefficient (Wildman–Crippen LogP) is 3.93. The molecule has 1 aliphatic heterocycles. The van der Waals surface area contributed by atoms with Crippen LogP contribution in [0, 0.1) is 11.8 Å². The Balaban J connectivity index is 1.79. The number of rotatable bonds is 4. The minimum atomic E-state index is 0.455. The van der Waals surface area contributed by atoms with Gasteiger partial charge in [0.15, 0.2) is 0 Å². The largest absolute Gasteiger partial charge is 0.339 e. The van der Waals surface area contributed by atoms with Gasteiger partial charge in [-0.2, -0.15) is 4.37 Å². The van der Waals surface area contributed by atoms with E-state index in [1.807, 2.05) is 0 Å². The maximum Gasteiger partial charge on any atom is 0.205 e. The molecule has 1 aromatic carbocycles. The summed E-state index contributed by atoms with van der Waals surface area (Å²) in [6.07, 6.45) is 0.968. The van der Waals surface area contributed by atoms with E-state index in [-0.39, 0.29) is 0 Å². The zero-order valence-electron chi connectivity index (χ0n) is 12.3. The van der Waals surface area contributed by atoms with Gasteiger partial charge in [-0.25, -0.2) is 4.98 Å². The fourth-order valence-corrected chi connectivity index (χ4v) is 3.60. The molecule has 1 fully saturated rings. The minimum absolute atomic E-state index is 0.455. The van der Waals surface area contributed by atoms with Crippen LogP contribution in [0.2, 0.25) is 0 Å². The van der Waals surface area contributed by atoms with Crippen molar-refractivity contribution in [2.24, 2.45) is 11.8 Å². The van der Waals surface area contributed by atoms with Gasteiger partial charge in [-0.05, 0) is 17.4 Å². The van der Waals surface area contributed by atoms with Crippen LogP contribution in [0.3, 0.4) is 0 Å². The highest BCUT2D eigenvalue weighted by Crippen LogP contribution is 2.42. The molecule has 2 unspecified atom stereocenters. The first-order valence-electron chi connectivity index (χ1n) is 7.29. The van der Waals surface area contributed by atoms with E-state index in [1.165, 1.54) is 5.56 Å². The standard InChI is InChI=1S/C16H21N3S/c1-11(2)9-14-17-16(20-18-14)19-10-12(3)15(19)13-7-5-4-6-8-13/h4-8,11-12,15H,9-10H2,1-3H3. The summed E-state index contributed by atoms with van der Waals surface area (Å²) < 4.78 is 4.50. The van der Waals surface area contributed by atoms with E-state index in [4.69, 9.17) is 4.98 Å². The van der Waals surface area contributed by atoms with Crippen LogP contribution < -0.4 is 4.90 Å². The molecule has 106 valence electrons. The van der Waals surface area contributed by atoms with Crippen LogP contribution in [0.4, 0.5) is 5.13 Å². The second-order valence-electron chi connectivity index (χ2n) is 6.08. The Hall–Kier alpha value is -1.42. The second-order valence-corrected chi connectivity index (χ2v) is 6.81. The van der Waals surface area contributed by atoms with Crippen LogP contribution in [0.15, 0.2) is 30.3 Å². The molecular weight excluding hydrogens is 266 g/mol. The van der Waals surface area contributed by atoms with Crippen molar-refractivity contribution in [3.63, 3.8) is 0 Å². The number of hydrogen-bond acceptors (Lipinski definition) is 4. The highest BCUT2D eigenvalue weighted by molar-refractivity contribution is 7.09. The van der Waals surface area contributed by atoms with E-state index in [9.17, 15) is 0 Å². The Kier molecular flexibility index (Phi) is 3.74. The number of aromatic nitrogens is 2. The molecule has 0 saturated carbocycles. The quantitative estimate of drug-likeness (QED) is 0.853. The zero-order chi connectivity index (χ0) is 14.1. The molecular formula is C16H21N3S. The third kappa shape index (κ3) is 2.57. The molecule has 1 saturated heterocycles. The third-order valence-electron chi connectivity index (χ3n) is 3.79. The summed E-state index contributed by atoms with van der Waals surface area (Å²) in [4.78, 5) is 7.11. The van der Waals surface area contributed by atoms with Crippen molar-refractivity contribution in [3.05, 3.63) is 41.7 Å². The van der Waals surface area contributed by atoms with Gasteiger partial charge in [0, 0.05) is 24.5 Å². The van der Waals surface area contributed by atoms with Crippen molar-refractivity contribution < 1.29 is 0 Å². The molecule has 0 amide bonds. The van der Waals surface area contributed by atoms with Crippen molar-refractivity contribution in [3.8, 4) is 0 Å². The molecule has 0 aliphatic carbocycles. The Labute approximate surface area is 124 Å². The zero-order valence-corrected chi connectivity index (χ0v) is 13.1. The number of nitrogens with zero attached hydrogens (tertiary/aromatic N) is 3. The molecule has 4 heteroatoms. The van der Waals surface area contributed by atoms with Gasteiger partial charge in [-0.3, -0.25) is 0 Å². The molecule has 20 heavy (non-hydrogen) atoms. The van der Waals surface area contributed by atoms with Gasteiger partial charge in [0.05, 0.1) is 6.04 Å². The molecule has 0 spiro atoms. The summed E-state index contributed by atoms with van der Waals surface area (Å²) in [5, 5.41) is 1.08. The van der Waals surface area contributed by atoms with Gasteiger partial charge < -0.3 is 4.90 Å². The van der Waals surface area contributed by atoms with Crippen LogP contribution in [-0.2, 0) is 6.42 Å². The molecule has 2 atom stereocenters. The van der Waals surface area contributed by atoms with Gasteiger partial charge in [0.2, 0.25) is 5.13 Å². The SMILES string of the molecule is CC(C)Cc1nsc(N2CC(C)C2c2ccccc2)n1. The van der Waals surface area contributed by atoms with Crippen LogP contribution >= 0.6 is 11.5 Å². The summed E-state index contributed by atoms with van der Waals surface area (Å²) in [6, 6.07) is 11.2. The van der Waals surface area contributed by atoms with E-state index < -0.39 is 0 Å². The average molecular weight is 287 g/mol. The first kappa shape index (κ1) is 13.6. The van der Waals surface area contributed by atoms with Crippen LogP contribution in [0.5, 0.6) is 0 Å². The molecule has 0 bridgehead atoms. The monoisotopic (exact) mass is 287 g/mol. The molecule has 0 radical (unpaired) electrons. The van der Waals surface area contributed by atoms with Crippen molar-refractivity contribution >= 4 is 16.7 Å². The predicted molar refractivity (Wildman–Crippen MR) is 84.1 cm³/mol. The third-order valence-corrected chi connectivity index (χ3v) is 4.59. The Morgan fingerprint density at radius 2 is 2.05 bits per heavy atom. The van der Waals surface area contributed by atoms with Gasteiger partial charge in [0.1, 0.15) is 5.82 Å². The minimum Gasteiger partial charge on any atom is -0.339 e. The van der Waals surface area contributed by atoms with E-state index in [1.54, 1.807) is 11.5 Å². The van der Waals surface area contributed by atoms with Crippen LogP contribution in [0.1, 0.15) is 38.2 Å². The Bertz CT molecular complexity index is 564. The molecule has 1 aliphatic rings. The lowest BCUT2D eigenvalue weighted by atomic mass is 9.85. The summed E-state index contributed by atoms with van der Waals surface area (Å²) in [5.41, 5.74) is 1.38. The number of benzene rings is 1. The molecule has 1 aromatic heterocycles. The Morgan fingerprint density at radius 3 is 2.70 bits per heavy atom. The van der Waals surface area contributed by atoms with E-state index in [0.717, 1.165) is 23.9 Å². The normalized spacial score (nSPS) is 22.1. The van der Waals surface area contributed by atoms with E-state index >= 15 is 0 Å². The van der Waals surface area contributed by atoms with Crippen LogP contribution in [-0.4, -0.2) is 15.9 Å². The molecule has 3 nitrogen and oxygen atoms in total. The van der Waals surface area contributed by atoms with E-state index in [2.05, 4.69) is 60.4 Å². The maximum atomic E-state index is 4.72. The van der Waals surface area contributed by atoms with Gasteiger partial charge >= 0.3 is 0 Å². The van der Waals surface area contributed by atoms with Crippen molar-refractivity contribution in [2.45, 2.75) is 33.2 Å². The fourth-order valence-electron chi connectivity index (χ4n) is 2.86. The first-order valence-corrected chi connectivity index (χ1v) is 8.06. The van der Waals surface area contributed by atoms with Gasteiger partial charge in [0.25, 0.3) is 0 Å². The highest BCUT2D eigenvalue weighted by Gasteiger charge is 2.38. The van der Waals surface area contributed by atoms with Crippen LogP contribution in [0.25, 0.3) is 0 Å². The summed E-state index contributed by atoms with van der Waals surface area (Å²) >= 11 is 1.54. The Morgan fingerprint density at radius 1 is 1.30 bits per heavy atom. The molecule has 3 rings (SSSR count). The highest BCUT2D eigenvalue weighted by atomic mass is 32.1. The van der Waals surface area contributed by atoms with Crippen molar-refractivity contribution in [1.82, 2.24) is 9.36 Å². The first-order chi connectivity index (χ1) is 9.65. The topological polar surface area (TPSA) is 29.0 Å². The molecule has 0 N–H and O–H groups in total. The maximum absolute atomic E-state index is 4.72. The lowest BCUT2D eigenvalue weighted by molar-refractivity contribution is 0.324. The number of anilines is 1. The summed E-state index contributed by atoms with van der Waals surface area (Å²) in [7, 11) is 0. The molecule has 2 heterocycles. The fraction of sp³-hybridized carbons (Fsp3) is 0.500. The van der Waals surface area contributed by atoms with Crippen molar-refractivity contribution in [2.75, 3.05) is 11.4 Å². The summed E-state index contributed by atoms with van der Waals surface area (Å²) in [5.74, 6) is 2.28. The van der Waals surface area contributed by atoms with Gasteiger partial charge in [-0.15, -0.1) is 0 Å². The van der Waals surface area contributed by atoms with E-state index in [0.29, 0.717) is 17.9 Å². The molecule has 2 aromatic rings. The number of hydrogen-bond donors (Lipinski definition) is 0. The average Bonchev–Trinajstić information content (AvgIpc) is 2.84. The smallest absolute Gasteiger partial charge is 0.205 e. The lowest BCUT2D eigenvalue weighted by Crippen LogP contribution is -2.48.